The lowest BCUT2D eigenvalue weighted by molar-refractivity contribution is 0.590. The van der Waals surface area contributed by atoms with E-state index in [-0.39, 0.29) is 10.8 Å². The molecule has 0 aliphatic rings. The van der Waals surface area contributed by atoms with E-state index in [2.05, 4.69) is 187 Å². The average Bonchev–Trinajstić information content (AvgIpc) is 3.17. The molecule has 0 aromatic heterocycles. The van der Waals surface area contributed by atoms with E-state index in [9.17, 15) is 0 Å². The Bertz CT molecular complexity index is 3070. The monoisotopic (exact) mass is 690 g/mol. The summed E-state index contributed by atoms with van der Waals surface area (Å²) in [6, 6.07) is 56.1. The zero-order chi connectivity index (χ0) is 36.7. The van der Waals surface area contributed by atoms with Crippen molar-refractivity contribution in [3.8, 4) is 22.3 Å². The van der Waals surface area contributed by atoms with Crippen molar-refractivity contribution in [3.63, 3.8) is 0 Å². The highest BCUT2D eigenvalue weighted by Crippen LogP contribution is 2.50. The summed E-state index contributed by atoms with van der Waals surface area (Å²) in [6.07, 6.45) is 0. The van der Waals surface area contributed by atoms with Gasteiger partial charge in [-0.15, -0.1) is 0 Å². The Labute approximate surface area is 316 Å². The van der Waals surface area contributed by atoms with Crippen LogP contribution in [-0.4, -0.2) is 0 Å². The zero-order valence-corrected chi connectivity index (χ0v) is 31.9. The highest BCUT2D eigenvalue weighted by atomic mass is 14.3. The molecule has 0 spiro atoms. The van der Waals surface area contributed by atoms with Crippen LogP contribution in [0.25, 0.3) is 108 Å². The largest absolute Gasteiger partial charge is 0.0610 e. The molecule has 0 aliphatic carbocycles. The van der Waals surface area contributed by atoms with Gasteiger partial charge >= 0.3 is 0 Å². The number of benzene rings is 11. The van der Waals surface area contributed by atoms with Crippen LogP contribution in [0, 0.1) is 0 Å². The fourth-order valence-corrected chi connectivity index (χ4v) is 9.65. The molecule has 0 heterocycles. The van der Waals surface area contributed by atoms with Crippen LogP contribution in [-0.2, 0) is 10.8 Å². The van der Waals surface area contributed by atoms with Crippen LogP contribution in [0.5, 0.6) is 0 Å². The molecule has 0 atom stereocenters. The minimum atomic E-state index is -0.00761. The Morgan fingerprint density at radius 3 is 0.963 bits per heavy atom. The van der Waals surface area contributed by atoms with E-state index in [0.29, 0.717) is 0 Å². The number of fused-ring (bicyclic) bond motifs is 2. The van der Waals surface area contributed by atoms with E-state index >= 15 is 0 Å². The summed E-state index contributed by atoms with van der Waals surface area (Å²) in [5.74, 6) is 0. The third-order valence-electron chi connectivity index (χ3n) is 12.4. The van der Waals surface area contributed by atoms with Gasteiger partial charge in [0.2, 0.25) is 0 Å². The quantitative estimate of drug-likeness (QED) is 0.125. The molecule has 11 aromatic carbocycles. The van der Waals surface area contributed by atoms with Crippen LogP contribution in [0.3, 0.4) is 0 Å². The van der Waals surface area contributed by atoms with E-state index in [0.717, 1.165) is 0 Å². The standard InChI is InChI=1S/C54H42/c1-53(2,3)37-21-27-43-45(29-37)51(41-25-19-35-15-13-31-9-7-11-33-17-23-39(41)49(35)47(31)33)44-28-22-38(54(4,5)6)30-46(44)52(43)42-26-20-36-16-14-32-10-8-12-34-18-24-40(42)50(36)48(32)34/h7-30H,1-6H3. The van der Waals surface area contributed by atoms with E-state index in [1.165, 1.54) is 120 Å². The summed E-state index contributed by atoms with van der Waals surface area (Å²) in [5.41, 5.74) is 7.93. The van der Waals surface area contributed by atoms with E-state index in [4.69, 9.17) is 0 Å². The third-order valence-corrected chi connectivity index (χ3v) is 12.4. The van der Waals surface area contributed by atoms with E-state index in [1.54, 1.807) is 0 Å². The summed E-state index contributed by atoms with van der Waals surface area (Å²) >= 11 is 0. The topological polar surface area (TPSA) is 0 Å². The van der Waals surface area contributed by atoms with Crippen LogP contribution < -0.4 is 0 Å². The van der Waals surface area contributed by atoms with Gasteiger partial charge in [0.05, 0.1) is 0 Å². The van der Waals surface area contributed by atoms with E-state index < -0.39 is 0 Å². The maximum atomic E-state index is 2.51. The molecular weight excluding hydrogens is 649 g/mol. The molecule has 0 bridgehead atoms. The second kappa shape index (κ2) is 10.8. The van der Waals surface area contributed by atoms with Crippen molar-refractivity contribution in [2.45, 2.75) is 52.4 Å². The fraction of sp³-hybridized carbons (Fsp3) is 0.148. The lowest BCUT2D eigenvalue weighted by atomic mass is 9.78. The summed E-state index contributed by atoms with van der Waals surface area (Å²) < 4.78 is 0. The summed E-state index contributed by atoms with van der Waals surface area (Å²) in [6.45, 7) is 14.0. The van der Waals surface area contributed by atoms with Gasteiger partial charge in [0.15, 0.2) is 0 Å². The van der Waals surface area contributed by atoms with Crippen molar-refractivity contribution in [1.29, 1.82) is 0 Å². The molecular formula is C54H42. The lowest BCUT2D eigenvalue weighted by Gasteiger charge is -2.26. The van der Waals surface area contributed by atoms with Crippen LogP contribution in [0.15, 0.2) is 146 Å². The van der Waals surface area contributed by atoms with Gasteiger partial charge in [-0.05, 0) is 143 Å². The van der Waals surface area contributed by atoms with Crippen LogP contribution in [0.2, 0.25) is 0 Å². The number of hydrogen-bond acceptors (Lipinski definition) is 0. The first-order valence-corrected chi connectivity index (χ1v) is 19.4. The predicted molar refractivity (Wildman–Crippen MR) is 237 cm³/mol. The minimum Gasteiger partial charge on any atom is -0.0610 e. The molecule has 0 radical (unpaired) electrons. The first kappa shape index (κ1) is 31.5. The molecule has 0 aliphatic heterocycles. The Kier molecular flexibility index (Phi) is 6.31. The van der Waals surface area contributed by atoms with Crippen molar-refractivity contribution in [2.75, 3.05) is 0 Å². The second-order valence-electron chi connectivity index (χ2n) is 17.7. The average molecular weight is 691 g/mol. The zero-order valence-electron chi connectivity index (χ0n) is 31.9. The van der Waals surface area contributed by atoms with Crippen LogP contribution in [0.4, 0.5) is 0 Å². The molecule has 0 heteroatoms. The molecule has 258 valence electrons. The first-order valence-electron chi connectivity index (χ1n) is 19.4. The van der Waals surface area contributed by atoms with Crippen molar-refractivity contribution >= 4 is 86.2 Å². The van der Waals surface area contributed by atoms with Gasteiger partial charge in [-0.1, -0.05) is 175 Å². The van der Waals surface area contributed by atoms with Gasteiger partial charge in [0.1, 0.15) is 0 Å². The first-order chi connectivity index (χ1) is 26.0. The number of hydrogen-bond donors (Lipinski definition) is 0. The van der Waals surface area contributed by atoms with Crippen molar-refractivity contribution in [1.82, 2.24) is 0 Å². The Morgan fingerprint density at radius 2 is 0.593 bits per heavy atom. The van der Waals surface area contributed by atoms with Crippen molar-refractivity contribution in [3.05, 3.63) is 157 Å². The van der Waals surface area contributed by atoms with Crippen molar-refractivity contribution in [2.24, 2.45) is 0 Å². The molecule has 0 N–H and O–H groups in total. The van der Waals surface area contributed by atoms with Crippen LogP contribution >= 0.6 is 0 Å². The maximum absolute atomic E-state index is 2.51. The highest BCUT2D eigenvalue weighted by Gasteiger charge is 2.25. The minimum absolute atomic E-state index is 0.00761. The molecule has 54 heavy (non-hydrogen) atoms. The number of rotatable bonds is 2. The van der Waals surface area contributed by atoms with Gasteiger partial charge in [0, 0.05) is 0 Å². The molecule has 11 aromatic rings. The van der Waals surface area contributed by atoms with Gasteiger partial charge in [-0.2, -0.15) is 0 Å². The van der Waals surface area contributed by atoms with Gasteiger partial charge in [-0.25, -0.2) is 0 Å². The summed E-state index contributed by atoms with van der Waals surface area (Å²) in [4.78, 5) is 0. The molecule has 0 saturated carbocycles. The third kappa shape index (κ3) is 4.37. The van der Waals surface area contributed by atoms with Crippen molar-refractivity contribution < 1.29 is 0 Å². The van der Waals surface area contributed by atoms with Gasteiger partial charge in [0.25, 0.3) is 0 Å². The Balaban J connectivity index is 1.35. The maximum Gasteiger partial charge on any atom is -0.00200 e. The smallest absolute Gasteiger partial charge is 0.00200 e. The van der Waals surface area contributed by atoms with Gasteiger partial charge < -0.3 is 0 Å². The highest BCUT2D eigenvalue weighted by molar-refractivity contribution is 6.32. The van der Waals surface area contributed by atoms with Gasteiger partial charge in [-0.3, -0.25) is 0 Å². The second-order valence-corrected chi connectivity index (χ2v) is 17.7. The molecule has 0 fully saturated rings. The molecule has 0 saturated heterocycles. The lowest BCUT2D eigenvalue weighted by Crippen LogP contribution is -2.11. The Morgan fingerprint density at radius 1 is 0.278 bits per heavy atom. The molecule has 0 unspecified atom stereocenters. The molecule has 11 rings (SSSR count). The predicted octanol–water partition coefficient (Wildman–Crippen LogP) is 15.7. The fourth-order valence-electron chi connectivity index (χ4n) is 9.65. The summed E-state index contributed by atoms with van der Waals surface area (Å²) in [5, 5.41) is 21.1. The molecule has 0 nitrogen and oxygen atoms in total. The summed E-state index contributed by atoms with van der Waals surface area (Å²) in [7, 11) is 0. The molecule has 0 amide bonds. The normalized spacial score (nSPS) is 13.0. The SMILES string of the molecule is CC(C)(C)c1ccc2c(-c3ccc4ccc5cccc6ccc3c4c56)c3cc(C(C)(C)C)ccc3c(-c3ccc4ccc5cccc6ccc3c4c56)c2c1. The Hall–Kier alpha value is -5.98. The van der Waals surface area contributed by atoms with E-state index in [1.807, 2.05) is 0 Å². The van der Waals surface area contributed by atoms with Crippen LogP contribution in [0.1, 0.15) is 52.7 Å².